The van der Waals surface area contributed by atoms with Crippen molar-refractivity contribution < 1.29 is 36.4 Å². The fourth-order valence-electron chi connectivity index (χ4n) is 2.14. The number of hydrogen-bond acceptors (Lipinski definition) is 2. The smallest absolute Gasteiger partial charge is 0.508 e. The van der Waals surface area contributed by atoms with Crippen LogP contribution in [0.4, 0.5) is 0 Å². The summed E-state index contributed by atoms with van der Waals surface area (Å²) in [4.78, 5) is 0. The molecule has 4 rings (SSSR count). The molecule has 0 bridgehead atoms. The van der Waals surface area contributed by atoms with Crippen LogP contribution in [-0.2, 0) is 39.0 Å². The third-order valence-corrected chi connectivity index (χ3v) is 3.86. The molecule has 0 radical (unpaired) electrons. The van der Waals surface area contributed by atoms with Crippen molar-refractivity contribution in [3.8, 4) is 11.5 Å². The summed E-state index contributed by atoms with van der Waals surface area (Å²) in [6.07, 6.45) is 22.1. The maximum atomic E-state index is 8.85. The van der Waals surface area contributed by atoms with E-state index in [1.807, 2.05) is 48.6 Å². The van der Waals surface area contributed by atoms with E-state index in [4.69, 9.17) is 10.2 Å². The van der Waals surface area contributed by atoms with E-state index in [1.165, 1.54) is 11.1 Å². The quantitative estimate of drug-likeness (QED) is 0.496. The fourth-order valence-corrected chi connectivity index (χ4v) is 2.14. The molecule has 2 aromatic rings. The molecule has 0 saturated heterocycles. The first-order valence-corrected chi connectivity index (χ1v) is 9.65. The molecule has 0 atom stereocenters. The molecule has 0 unspecified atom stereocenters. The van der Waals surface area contributed by atoms with E-state index in [-0.39, 0.29) is 26.2 Å². The van der Waals surface area contributed by atoms with Gasteiger partial charge in [-0.2, -0.15) is 12.2 Å². The summed E-state index contributed by atoms with van der Waals surface area (Å²) in [5, 5.41) is 17.7. The third-order valence-electron chi connectivity index (χ3n) is 3.86. The van der Waals surface area contributed by atoms with E-state index in [0.717, 1.165) is 25.7 Å². The van der Waals surface area contributed by atoms with Crippen LogP contribution >= 0.6 is 0 Å². The number of rotatable bonds is 2. The summed E-state index contributed by atoms with van der Waals surface area (Å²) in [5.41, 5.74) is 2.51. The molecule has 2 aromatic carbocycles. The Labute approximate surface area is 195 Å². The van der Waals surface area contributed by atoms with Crippen molar-refractivity contribution >= 4 is 0 Å². The molecule has 0 spiro atoms. The van der Waals surface area contributed by atoms with Crippen LogP contribution in [0.5, 0.6) is 11.5 Å². The Morgan fingerprint density at radius 3 is 1.17 bits per heavy atom. The molecule has 0 aromatic heterocycles. The van der Waals surface area contributed by atoms with Gasteiger partial charge < -0.3 is 10.2 Å². The van der Waals surface area contributed by atoms with Gasteiger partial charge in [-0.3, -0.25) is 12.2 Å². The number of allylic oxidation sites excluding steroid dienone is 8. The molecule has 150 valence electrons. The van der Waals surface area contributed by atoms with Gasteiger partial charge in [-0.05, 0) is 48.2 Å². The van der Waals surface area contributed by atoms with Crippen LogP contribution in [0, 0.1) is 12.2 Å². The number of aromatic hydroxyl groups is 2. The van der Waals surface area contributed by atoms with Crippen molar-refractivity contribution in [2.75, 3.05) is 0 Å². The Hall–Kier alpha value is -2.12. The van der Waals surface area contributed by atoms with Gasteiger partial charge in [-0.1, -0.05) is 38.1 Å². The molecule has 3 heteroatoms. The minimum absolute atomic E-state index is 0. The standard InChI is InChI=1S/2C8H10O.2C5H5.Zr/c2*1-2-7-3-5-8(9)6-4-7;2*1-2-4-5-3-1;/h2*3-6,9H,2H2,1H3;2*1-3H,4H2;/q;;2*-1;+2. The molecule has 0 saturated carbocycles. The molecule has 2 aliphatic rings. The average molecular weight is 466 g/mol. The Morgan fingerprint density at radius 2 is 1.00 bits per heavy atom. The van der Waals surface area contributed by atoms with E-state index >= 15 is 0 Å². The maximum Gasteiger partial charge on any atom is 2.00 e. The second kappa shape index (κ2) is 17.9. The van der Waals surface area contributed by atoms with E-state index < -0.39 is 0 Å². The first kappa shape index (κ1) is 26.9. The van der Waals surface area contributed by atoms with Gasteiger partial charge in [0.05, 0.1) is 0 Å². The molecule has 2 N–H and O–H groups in total. The zero-order chi connectivity index (χ0) is 20.5. The average Bonchev–Trinajstić information content (AvgIpc) is 3.48. The van der Waals surface area contributed by atoms with Crippen LogP contribution in [-0.4, -0.2) is 10.2 Å². The van der Waals surface area contributed by atoms with Crippen molar-refractivity contribution in [3.05, 3.63) is 108 Å². The zero-order valence-electron chi connectivity index (χ0n) is 17.3. The number of benzene rings is 2. The van der Waals surface area contributed by atoms with Gasteiger partial charge in [0, 0.05) is 0 Å². The number of aryl methyl sites for hydroxylation is 2. The molecule has 0 heterocycles. The summed E-state index contributed by atoms with van der Waals surface area (Å²) in [6.45, 7) is 4.18. The van der Waals surface area contributed by atoms with Gasteiger partial charge in [0.15, 0.2) is 0 Å². The predicted molar refractivity (Wildman–Crippen MR) is 118 cm³/mol. The van der Waals surface area contributed by atoms with Crippen LogP contribution in [0.1, 0.15) is 37.8 Å². The number of hydrogen-bond donors (Lipinski definition) is 2. The summed E-state index contributed by atoms with van der Waals surface area (Å²) < 4.78 is 0. The van der Waals surface area contributed by atoms with E-state index in [1.54, 1.807) is 24.3 Å². The first-order chi connectivity index (χ1) is 13.7. The number of phenols is 2. The Morgan fingerprint density at radius 1 is 0.655 bits per heavy atom. The fraction of sp³-hybridized carbons (Fsp3) is 0.231. The van der Waals surface area contributed by atoms with Crippen LogP contribution in [0.25, 0.3) is 0 Å². The minimum atomic E-state index is 0. The van der Waals surface area contributed by atoms with Crippen LogP contribution in [0.15, 0.2) is 85.0 Å². The predicted octanol–water partition coefficient (Wildman–Crippen LogP) is 6.52. The summed E-state index contributed by atoms with van der Waals surface area (Å²) >= 11 is 0. The van der Waals surface area contributed by atoms with Crippen LogP contribution < -0.4 is 0 Å². The molecular weight excluding hydrogens is 436 g/mol. The summed E-state index contributed by atoms with van der Waals surface area (Å²) in [5.74, 6) is 0.680. The minimum Gasteiger partial charge on any atom is -0.508 e. The van der Waals surface area contributed by atoms with Crippen LogP contribution in [0.3, 0.4) is 0 Å². The molecule has 0 fully saturated rings. The Kier molecular flexibility index (Phi) is 16.6. The molecule has 0 aliphatic heterocycles. The van der Waals surface area contributed by atoms with Crippen molar-refractivity contribution in [3.63, 3.8) is 0 Å². The van der Waals surface area contributed by atoms with Crippen molar-refractivity contribution in [2.45, 2.75) is 39.5 Å². The van der Waals surface area contributed by atoms with E-state index in [2.05, 4.69) is 38.2 Å². The van der Waals surface area contributed by atoms with Crippen molar-refractivity contribution in [2.24, 2.45) is 0 Å². The second-order valence-corrected chi connectivity index (χ2v) is 6.05. The largest absolute Gasteiger partial charge is 2.00 e. The van der Waals surface area contributed by atoms with Gasteiger partial charge in [0.2, 0.25) is 0 Å². The van der Waals surface area contributed by atoms with Crippen molar-refractivity contribution in [1.82, 2.24) is 0 Å². The van der Waals surface area contributed by atoms with Gasteiger partial charge in [0.1, 0.15) is 11.5 Å². The number of phenolic OH excluding ortho intramolecular Hbond substituents is 2. The normalized spacial score (nSPS) is 11.9. The molecule has 29 heavy (non-hydrogen) atoms. The third kappa shape index (κ3) is 14.5. The van der Waals surface area contributed by atoms with Gasteiger partial charge in [-0.25, -0.2) is 24.3 Å². The van der Waals surface area contributed by atoms with Crippen molar-refractivity contribution in [1.29, 1.82) is 0 Å². The van der Waals surface area contributed by atoms with Gasteiger partial charge in [0.25, 0.3) is 0 Å². The molecular formula is C26H30O2Zr. The second-order valence-electron chi connectivity index (χ2n) is 6.05. The monoisotopic (exact) mass is 464 g/mol. The van der Waals surface area contributed by atoms with Crippen LogP contribution in [0.2, 0.25) is 0 Å². The van der Waals surface area contributed by atoms with E-state index in [9.17, 15) is 0 Å². The molecule has 2 aliphatic carbocycles. The SMILES string of the molecule is CCc1ccc(O)cc1.CCc1ccc(O)cc1.[C-]1=CC=CC1.[C-]1=CC=CC1.[Zr+2]. The van der Waals surface area contributed by atoms with E-state index in [0.29, 0.717) is 11.5 Å². The first-order valence-electron chi connectivity index (χ1n) is 9.65. The summed E-state index contributed by atoms with van der Waals surface area (Å²) in [6, 6.07) is 14.5. The van der Waals surface area contributed by atoms with Gasteiger partial charge in [-0.15, -0.1) is 12.8 Å². The Bertz CT molecular complexity index is 667. The maximum absolute atomic E-state index is 8.85. The molecule has 0 amide bonds. The molecule has 2 nitrogen and oxygen atoms in total. The zero-order valence-corrected chi connectivity index (χ0v) is 19.8. The Balaban J connectivity index is 0.000000369. The topological polar surface area (TPSA) is 40.5 Å². The summed E-state index contributed by atoms with van der Waals surface area (Å²) in [7, 11) is 0. The van der Waals surface area contributed by atoms with Gasteiger partial charge >= 0.3 is 26.2 Å².